The first-order chi connectivity index (χ1) is 10.5. The van der Waals surface area contributed by atoms with Crippen LogP contribution < -0.4 is 4.90 Å². The van der Waals surface area contributed by atoms with Gasteiger partial charge >= 0.3 is 0 Å². The Bertz CT molecular complexity index is 627. The standard InChI is InChI=1S/C14H20N4O3S/c19-13(10-12-2-9-22(20,21)11-12)17-5-7-18(8-6-17)14-15-3-1-4-16-14/h1,3-4,12H,2,5-11H2/t12-/m1/s1. The summed E-state index contributed by atoms with van der Waals surface area (Å²) in [6, 6.07) is 1.78. The number of amides is 1. The zero-order chi connectivity index (χ0) is 15.6. The van der Waals surface area contributed by atoms with Gasteiger partial charge in [-0.15, -0.1) is 0 Å². The van der Waals surface area contributed by atoms with E-state index in [4.69, 9.17) is 0 Å². The molecule has 0 spiro atoms. The van der Waals surface area contributed by atoms with Crippen molar-refractivity contribution in [1.82, 2.24) is 14.9 Å². The minimum atomic E-state index is -2.91. The van der Waals surface area contributed by atoms with Gasteiger partial charge in [0.2, 0.25) is 11.9 Å². The fraction of sp³-hybridized carbons (Fsp3) is 0.643. The van der Waals surface area contributed by atoms with Crippen molar-refractivity contribution in [3.8, 4) is 0 Å². The highest BCUT2D eigenvalue weighted by Crippen LogP contribution is 2.22. The Balaban J connectivity index is 1.50. The number of rotatable bonds is 3. The van der Waals surface area contributed by atoms with Gasteiger partial charge in [-0.05, 0) is 18.4 Å². The minimum absolute atomic E-state index is 0.00649. The fourth-order valence-electron chi connectivity index (χ4n) is 3.02. The molecule has 0 N–H and O–H groups in total. The molecule has 3 heterocycles. The third-order valence-corrected chi connectivity index (χ3v) is 6.09. The van der Waals surface area contributed by atoms with Crippen LogP contribution in [0.4, 0.5) is 5.95 Å². The number of hydrogen-bond acceptors (Lipinski definition) is 6. The van der Waals surface area contributed by atoms with Crippen molar-refractivity contribution in [1.29, 1.82) is 0 Å². The first kappa shape index (κ1) is 15.2. The number of carbonyl (C=O) groups excluding carboxylic acids is 1. The normalized spacial score (nSPS) is 24.5. The Morgan fingerprint density at radius 1 is 1.18 bits per heavy atom. The van der Waals surface area contributed by atoms with E-state index in [9.17, 15) is 13.2 Å². The molecule has 0 radical (unpaired) electrons. The minimum Gasteiger partial charge on any atom is -0.339 e. The summed E-state index contributed by atoms with van der Waals surface area (Å²) in [6.45, 7) is 2.69. The molecule has 7 nitrogen and oxygen atoms in total. The Kier molecular flexibility index (Phi) is 4.28. The zero-order valence-corrected chi connectivity index (χ0v) is 13.2. The van der Waals surface area contributed by atoms with Crippen LogP contribution in [0.1, 0.15) is 12.8 Å². The molecule has 0 saturated carbocycles. The quantitative estimate of drug-likeness (QED) is 0.775. The molecule has 1 amide bonds. The summed E-state index contributed by atoms with van der Waals surface area (Å²) in [7, 11) is -2.91. The lowest BCUT2D eigenvalue weighted by Gasteiger charge is -2.35. The number of carbonyl (C=O) groups is 1. The van der Waals surface area contributed by atoms with E-state index in [0.29, 0.717) is 45.0 Å². The second kappa shape index (κ2) is 6.20. The summed E-state index contributed by atoms with van der Waals surface area (Å²) in [5, 5.41) is 0. The Labute approximate surface area is 130 Å². The molecule has 3 rings (SSSR count). The SMILES string of the molecule is O=C(C[C@H]1CCS(=O)(=O)C1)N1CCN(c2ncccn2)CC1. The molecule has 0 aliphatic carbocycles. The molecule has 0 unspecified atom stereocenters. The maximum Gasteiger partial charge on any atom is 0.225 e. The monoisotopic (exact) mass is 324 g/mol. The summed E-state index contributed by atoms with van der Waals surface area (Å²) in [4.78, 5) is 24.6. The Hall–Kier alpha value is -1.70. The topological polar surface area (TPSA) is 83.5 Å². The molecule has 22 heavy (non-hydrogen) atoms. The Morgan fingerprint density at radius 2 is 1.86 bits per heavy atom. The second-order valence-electron chi connectivity index (χ2n) is 5.89. The van der Waals surface area contributed by atoms with Gasteiger partial charge in [0.1, 0.15) is 0 Å². The van der Waals surface area contributed by atoms with Gasteiger partial charge in [-0.2, -0.15) is 0 Å². The van der Waals surface area contributed by atoms with Gasteiger partial charge in [-0.25, -0.2) is 18.4 Å². The third-order valence-electron chi connectivity index (χ3n) is 4.26. The van der Waals surface area contributed by atoms with Crippen molar-refractivity contribution in [2.24, 2.45) is 5.92 Å². The molecule has 0 bridgehead atoms. The number of aromatic nitrogens is 2. The zero-order valence-electron chi connectivity index (χ0n) is 12.4. The van der Waals surface area contributed by atoms with E-state index in [0.717, 1.165) is 0 Å². The van der Waals surface area contributed by atoms with Crippen molar-refractivity contribution in [3.05, 3.63) is 18.5 Å². The van der Waals surface area contributed by atoms with Crippen LogP contribution in [-0.2, 0) is 14.6 Å². The molecule has 120 valence electrons. The van der Waals surface area contributed by atoms with E-state index in [1.54, 1.807) is 18.5 Å². The lowest BCUT2D eigenvalue weighted by atomic mass is 10.0. The third kappa shape index (κ3) is 3.55. The molecule has 8 heteroatoms. The van der Waals surface area contributed by atoms with E-state index in [-0.39, 0.29) is 23.3 Å². The van der Waals surface area contributed by atoms with Crippen molar-refractivity contribution < 1.29 is 13.2 Å². The average molecular weight is 324 g/mol. The lowest BCUT2D eigenvalue weighted by Crippen LogP contribution is -2.49. The summed E-state index contributed by atoms with van der Waals surface area (Å²) >= 11 is 0. The van der Waals surface area contributed by atoms with Gasteiger partial charge in [0.25, 0.3) is 0 Å². The highest BCUT2D eigenvalue weighted by molar-refractivity contribution is 7.91. The van der Waals surface area contributed by atoms with E-state index in [1.807, 2.05) is 4.90 Å². The maximum atomic E-state index is 12.3. The number of sulfone groups is 1. The highest BCUT2D eigenvalue weighted by atomic mass is 32.2. The summed E-state index contributed by atoms with van der Waals surface area (Å²) in [5.41, 5.74) is 0. The van der Waals surface area contributed by atoms with Gasteiger partial charge in [0, 0.05) is 45.0 Å². The van der Waals surface area contributed by atoms with Crippen LogP contribution >= 0.6 is 0 Å². The molecule has 2 aliphatic heterocycles. The van der Waals surface area contributed by atoms with Crippen LogP contribution in [-0.4, -0.2) is 66.9 Å². The van der Waals surface area contributed by atoms with Gasteiger partial charge in [-0.3, -0.25) is 4.79 Å². The van der Waals surface area contributed by atoms with Gasteiger partial charge in [0.05, 0.1) is 11.5 Å². The van der Waals surface area contributed by atoms with Crippen molar-refractivity contribution in [2.75, 3.05) is 42.6 Å². The van der Waals surface area contributed by atoms with Crippen LogP contribution in [0.3, 0.4) is 0 Å². The molecule has 1 aromatic heterocycles. The number of piperazine rings is 1. The predicted molar refractivity (Wildman–Crippen MR) is 82.2 cm³/mol. The Morgan fingerprint density at radius 3 is 2.45 bits per heavy atom. The van der Waals surface area contributed by atoms with E-state index < -0.39 is 9.84 Å². The van der Waals surface area contributed by atoms with Crippen molar-refractivity contribution in [3.63, 3.8) is 0 Å². The smallest absolute Gasteiger partial charge is 0.225 e. The first-order valence-electron chi connectivity index (χ1n) is 7.54. The largest absolute Gasteiger partial charge is 0.339 e. The fourth-order valence-corrected chi connectivity index (χ4v) is 4.88. The van der Waals surface area contributed by atoms with Gasteiger partial charge in [-0.1, -0.05) is 0 Å². The second-order valence-corrected chi connectivity index (χ2v) is 8.12. The maximum absolute atomic E-state index is 12.3. The molecular formula is C14H20N4O3S. The van der Waals surface area contributed by atoms with Gasteiger partial charge < -0.3 is 9.80 Å². The molecule has 2 aliphatic rings. The molecule has 2 saturated heterocycles. The van der Waals surface area contributed by atoms with Crippen LogP contribution in [0, 0.1) is 5.92 Å². The first-order valence-corrected chi connectivity index (χ1v) is 9.36. The lowest BCUT2D eigenvalue weighted by molar-refractivity contribution is -0.132. The predicted octanol–water partition coefficient (Wildman–Crippen LogP) is -0.0500. The van der Waals surface area contributed by atoms with Crippen molar-refractivity contribution >= 4 is 21.7 Å². The van der Waals surface area contributed by atoms with Crippen LogP contribution in [0.15, 0.2) is 18.5 Å². The molecular weight excluding hydrogens is 304 g/mol. The molecule has 2 fully saturated rings. The van der Waals surface area contributed by atoms with E-state index in [2.05, 4.69) is 14.9 Å². The van der Waals surface area contributed by atoms with E-state index in [1.165, 1.54) is 0 Å². The average Bonchev–Trinajstić information content (AvgIpc) is 2.87. The van der Waals surface area contributed by atoms with Gasteiger partial charge in [0.15, 0.2) is 9.84 Å². The number of hydrogen-bond donors (Lipinski definition) is 0. The van der Waals surface area contributed by atoms with Crippen LogP contribution in [0.2, 0.25) is 0 Å². The summed E-state index contributed by atoms with van der Waals surface area (Å²) in [5.74, 6) is 1.14. The molecule has 1 aromatic rings. The molecule has 0 aromatic carbocycles. The van der Waals surface area contributed by atoms with Crippen molar-refractivity contribution in [2.45, 2.75) is 12.8 Å². The van der Waals surface area contributed by atoms with Crippen LogP contribution in [0.25, 0.3) is 0 Å². The molecule has 1 atom stereocenters. The highest BCUT2D eigenvalue weighted by Gasteiger charge is 2.31. The summed E-state index contributed by atoms with van der Waals surface area (Å²) in [6.07, 6.45) is 4.38. The number of anilines is 1. The van der Waals surface area contributed by atoms with Crippen LogP contribution in [0.5, 0.6) is 0 Å². The number of nitrogens with zero attached hydrogens (tertiary/aromatic N) is 4. The summed E-state index contributed by atoms with van der Waals surface area (Å²) < 4.78 is 22.9. The van der Waals surface area contributed by atoms with E-state index >= 15 is 0 Å².